The average Bonchev–Trinajstić information content (AvgIpc) is 2.51. The van der Waals surface area contributed by atoms with Crippen molar-refractivity contribution in [3.63, 3.8) is 0 Å². The Labute approximate surface area is 138 Å². The normalized spacial score (nSPS) is 16.0. The van der Waals surface area contributed by atoms with Crippen molar-refractivity contribution in [2.45, 2.75) is 28.6 Å². The third kappa shape index (κ3) is 3.45. The van der Waals surface area contributed by atoms with Crippen LogP contribution >= 0.6 is 23.4 Å². The van der Waals surface area contributed by atoms with E-state index >= 15 is 0 Å². The summed E-state index contributed by atoms with van der Waals surface area (Å²) in [7, 11) is 0. The van der Waals surface area contributed by atoms with Crippen molar-refractivity contribution < 1.29 is 8.78 Å². The molecule has 1 N–H and O–H groups in total. The zero-order chi connectivity index (χ0) is 15.5. The van der Waals surface area contributed by atoms with Crippen molar-refractivity contribution in [1.29, 1.82) is 0 Å². The number of rotatable bonds is 3. The maximum absolute atomic E-state index is 14.4. The average molecular weight is 340 g/mol. The Hall–Kier alpha value is -1.10. The highest BCUT2D eigenvalue weighted by molar-refractivity contribution is 7.99. The third-order valence-electron chi connectivity index (χ3n) is 3.87. The maximum Gasteiger partial charge on any atom is 0.138 e. The van der Waals surface area contributed by atoms with Gasteiger partial charge in [-0.05, 0) is 62.2 Å². The molecule has 0 unspecified atom stereocenters. The molecule has 0 atom stereocenters. The molecule has 1 nitrogen and oxygen atoms in total. The Kier molecular flexibility index (Phi) is 5.01. The molecule has 22 heavy (non-hydrogen) atoms. The molecule has 116 valence electrons. The Morgan fingerprint density at radius 2 is 1.77 bits per heavy atom. The fraction of sp³-hybridized carbons (Fsp3) is 0.294. The standard InChI is InChI=1S/C17H16ClF2NS/c18-12-4-5-15(14(20)10-12)22-16-3-1-2-13(19)17(16)11-6-8-21-9-7-11/h1-5,10-11,21H,6-9H2. The highest BCUT2D eigenvalue weighted by atomic mass is 35.5. The van der Waals surface area contributed by atoms with Crippen molar-refractivity contribution in [2.24, 2.45) is 0 Å². The van der Waals surface area contributed by atoms with Gasteiger partial charge in [-0.3, -0.25) is 0 Å². The van der Waals surface area contributed by atoms with E-state index in [0.717, 1.165) is 30.8 Å². The summed E-state index contributed by atoms with van der Waals surface area (Å²) in [6.07, 6.45) is 1.80. The summed E-state index contributed by atoms with van der Waals surface area (Å²) in [4.78, 5) is 1.25. The minimum atomic E-state index is -0.377. The van der Waals surface area contributed by atoms with Crippen LogP contribution in [0.5, 0.6) is 0 Å². The lowest BCUT2D eigenvalue weighted by molar-refractivity contribution is 0.439. The number of halogens is 3. The topological polar surface area (TPSA) is 12.0 Å². The van der Waals surface area contributed by atoms with Gasteiger partial charge in [0.2, 0.25) is 0 Å². The van der Waals surface area contributed by atoms with E-state index in [1.807, 2.05) is 6.07 Å². The lowest BCUT2D eigenvalue weighted by atomic mass is 9.90. The summed E-state index contributed by atoms with van der Waals surface area (Å²) in [5.41, 5.74) is 0.711. The number of hydrogen-bond acceptors (Lipinski definition) is 2. The smallest absolute Gasteiger partial charge is 0.138 e. The molecule has 1 aliphatic heterocycles. The Bertz CT molecular complexity index is 672. The molecule has 1 aliphatic rings. The minimum Gasteiger partial charge on any atom is -0.317 e. The van der Waals surface area contributed by atoms with Gasteiger partial charge in [0.1, 0.15) is 11.6 Å². The molecule has 2 aromatic rings. The van der Waals surface area contributed by atoms with Crippen LogP contribution in [-0.2, 0) is 0 Å². The van der Waals surface area contributed by atoms with Crippen LogP contribution in [0.3, 0.4) is 0 Å². The van der Waals surface area contributed by atoms with E-state index in [2.05, 4.69) is 5.32 Å². The van der Waals surface area contributed by atoms with Gasteiger partial charge in [0.05, 0.1) is 0 Å². The first-order valence-corrected chi connectivity index (χ1v) is 8.46. The second kappa shape index (κ2) is 6.99. The van der Waals surface area contributed by atoms with E-state index in [0.29, 0.717) is 15.5 Å². The third-order valence-corrected chi connectivity index (χ3v) is 5.24. The van der Waals surface area contributed by atoms with Crippen LogP contribution in [0.15, 0.2) is 46.2 Å². The van der Waals surface area contributed by atoms with Crippen molar-refractivity contribution in [3.05, 3.63) is 58.6 Å². The zero-order valence-corrected chi connectivity index (χ0v) is 13.5. The molecule has 0 saturated carbocycles. The molecule has 0 aromatic heterocycles. The number of nitrogens with one attached hydrogen (secondary N) is 1. The highest BCUT2D eigenvalue weighted by Gasteiger charge is 2.22. The fourth-order valence-electron chi connectivity index (χ4n) is 2.79. The molecular formula is C17H16ClF2NS. The summed E-state index contributed by atoms with van der Waals surface area (Å²) in [5.74, 6) is -0.399. The maximum atomic E-state index is 14.4. The van der Waals surface area contributed by atoms with E-state index in [1.54, 1.807) is 18.2 Å². The molecule has 0 radical (unpaired) electrons. The molecule has 2 aromatic carbocycles. The second-order valence-electron chi connectivity index (χ2n) is 5.35. The molecule has 1 fully saturated rings. The first kappa shape index (κ1) is 15.8. The van der Waals surface area contributed by atoms with Gasteiger partial charge in [-0.2, -0.15) is 0 Å². The lowest BCUT2D eigenvalue weighted by Crippen LogP contribution is -2.27. The van der Waals surface area contributed by atoms with Gasteiger partial charge in [0.15, 0.2) is 0 Å². The summed E-state index contributed by atoms with van der Waals surface area (Å²) >= 11 is 7.05. The largest absolute Gasteiger partial charge is 0.317 e. The predicted molar refractivity (Wildman–Crippen MR) is 86.8 cm³/mol. The van der Waals surface area contributed by atoms with Gasteiger partial charge >= 0.3 is 0 Å². The summed E-state index contributed by atoms with van der Waals surface area (Å²) in [6.45, 7) is 1.77. The fourth-order valence-corrected chi connectivity index (χ4v) is 4.00. The van der Waals surface area contributed by atoms with Gasteiger partial charge in [0, 0.05) is 20.4 Å². The monoisotopic (exact) mass is 339 g/mol. The Morgan fingerprint density at radius 1 is 1.00 bits per heavy atom. The molecule has 0 spiro atoms. The van der Waals surface area contributed by atoms with Gasteiger partial charge in [0.25, 0.3) is 0 Å². The van der Waals surface area contributed by atoms with Crippen LogP contribution in [0.2, 0.25) is 5.02 Å². The first-order chi connectivity index (χ1) is 10.6. The molecule has 5 heteroatoms. The molecule has 3 rings (SSSR count). The van der Waals surface area contributed by atoms with Crippen molar-refractivity contribution in [3.8, 4) is 0 Å². The van der Waals surface area contributed by atoms with Crippen LogP contribution in [0.1, 0.15) is 24.3 Å². The van der Waals surface area contributed by atoms with Crippen LogP contribution in [0.4, 0.5) is 8.78 Å². The highest BCUT2D eigenvalue weighted by Crippen LogP contribution is 2.39. The van der Waals surface area contributed by atoms with E-state index in [-0.39, 0.29) is 17.6 Å². The van der Waals surface area contributed by atoms with Gasteiger partial charge in [-0.15, -0.1) is 0 Å². The molecule has 0 amide bonds. The van der Waals surface area contributed by atoms with E-state index in [9.17, 15) is 8.78 Å². The van der Waals surface area contributed by atoms with E-state index < -0.39 is 0 Å². The summed E-state index contributed by atoms with van der Waals surface area (Å²) in [6, 6.07) is 9.60. The van der Waals surface area contributed by atoms with E-state index in [1.165, 1.54) is 23.9 Å². The molecular weight excluding hydrogens is 324 g/mol. The van der Waals surface area contributed by atoms with Gasteiger partial charge < -0.3 is 5.32 Å². The van der Waals surface area contributed by atoms with Crippen molar-refractivity contribution in [2.75, 3.05) is 13.1 Å². The number of hydrogen-bond donors (Lipinski definition) is 1. The molecule has 0 aliphatic carbocycles. The first-order valence-electron chi connectivity index (χ1n) is 7.27. The molecule has 0 bridgehead atoms. The van der Waals surface area contributed by atoms with Crippen LogP contribution in [-0.4, -0.2) is 13.1 Å². The van der Waals surface area contributed by atoms with Crippen molar-refractivity contribution >= 4 is 23.4 Å². The minimum absolute atomic E-state index is 0.181. The quantitative estimate of drug-likeness (QED) is 0.821. The van der Waals surface area contributed by atoms with Crippen LogP contribution in [0, 0.1) is 11.6 Å². The second-order valence-corrected chi connectivity index (χ2v) is 6.87. The van der Waals surface area contributed by atoms with Crippen molar-refractivity contribution in [1.82, 2.24) is 5.32 Å². The van der Waals surface area contributed by atoms with E-state index in [4.69, 9.17) is 11.6 Å². The SMILES string of the molecule is Fc1cc(Cl)ccc1Sc1cccc(F)c1C1CCNCC1. The molecule has 1 heterocycles. The van der Waals surface area contributed by atoms with Crippen LogP contribution < -0.4 is 5.32 Å². The predicted octanol–water partition coefficient (Wildman–Crippen LogP) is 5.24. The number of benzene rings is 2. The number of piperidine rings is 1. The lowest BCUT2D eigenvalue weighted by Gasteiger charge is -2.25. The van der Waals surface area contributed by atoms with Crippen LogP contribution in [0.25, 0.3) is 0 Å². The van der Waals surface area contributed by atoms with Gasteiger partial charge in [-0.1, -0.05) is 29.4 Å². The summed E-state index contributed by atoms with van der Waals surface area (Å²) < 4.78 is 28.4. The summed E-state index contributed by atoms with van der Waals surface area (Å²) in [5, 5.41) is 3.65. The Balaban J connectivity index is 1.94. The van der Waals surface area contributed by atoms with Gasteiger partial charge in [-0.25, -0.2) is 8.78 Å². The Morgan fingerprint density at radius 3 is 2.50 bits per heavy atom. The zero-order valence-electron chi connectivity index (χ0n) is 11.9. The molecule has 1 saturated heterocycles.